The van der Waals surface area contributed by atoms with Crippen molar-refractivity contribution in [2.24, 2.45) is 5.41 Å². The van der Waals surface area contributed by atoms with Crippen LogP contribution in [0.3, 0.4) is 0 Å². The number of aromatic nitrogens is 4. The lowest BCUT2D eigenvalue weighted by molar-refractivity contribution is -0.129. The number of methoxy groups -OCH3 is 1. The van der Waals surface area contributed by atoms with Crippen molar-refractivity contribution in [2.45, 2.75) is 46.1 Å². The summed E-state index contributed by atoms with van der Waals surface area (Å²) in [7, 11) is 1.63. The van der Waals surface area contributed by atoms with Crippen LogP contribution < -0.4 is 10.1 Å². The third-order valence-electron chi connectivity index (χ3n) is 5.74. The van der Waals surface area contributed by atoms with Gasteiger partial charge in [-0.05, 0) is 30.4 Å². The molecule has 0 unspecified atom stereocenters. The van der Waals surface area contributed by atoms with Gasteiger partial charge in [0.1, 0.15) is 11.6 Å². The van der Waals surface area contributed by atoms with Crippen molar-refractivity contribution in [1.29, 1.82) is 0 Å². The third kappa shape index (κ3) is 4.62. The van der Waals surface area contributed by atoms with Gasteiger partial charge in [-0.25, -0.2) is 9.50 Å². The Morgan fingerprint density at radius 1 is 1.23 bits per heavy atom. The average Bonchev–Trinajstić information content (AvgIpc) is 3.32. The van der Waals surface area contributed by atoms with E-state index in [0.717, 1.165) is 42.0 Å². The second kappa shape index (κ2) is 8.53. The van der Waals surface area contributed by atoms with Crippen LogP contribution in [0.5, 0.6) is 5.75 Å². The first-order chi connectivity index (χ1) is 14.9. The maximum absolute atomic E-state index is 12.4. The van der Waals surface area contributed by atoms with Crippen molar-refractivity contribution in [3.05, 3.63) is 36.9 Å². The zero-order chi connectivity index (χ0) is 22.0. The van der Waals surface area contributed by atoms with Crippen LogP contribution in [0.1, 0.15) is 40.0 Å². The predicted octanol–water partition coefficient (Wildman–Crippen LogP) is 3.64. The van der Waals surface area contributed by atoms with E-state index in [1.165, 1.54) is 0 Å². The van der Waals surface area contributed by atoms with Gasteiger partial charge >= 0.3 is 0 Å². The van der Waals surface area contributed by atoms with Crippen LogP contribution in [0.15, 0.2) is 36.9 Å². The normalized spacial score (nSPS) is 16.8. The summed E-state index contributed by atoms with van der Waals surface area (Å²) < 4.78 is 7.20. The highest BCUT2D eigenvalue weighted by Gasteiger charge is 2.31. The number of rotatable bonds is 7. The number of hydrogen-bond donors (Lipinski definition) is 1. The number of nitrogens with one attached hydrogen (secondary N) is 1. The summed E-state index contributed by atoms with van der Waals surface area (Å²) in [5, 5.41) is 7.85. The van der Waals surface area contributed by atoms with E-state index < -0.39 is 0 Å². The zero-order valence-corrected chi connectivity index (χ0v) is 18.6. The third-order valence-corrected chi connectivity index (χ3v) is 5.74. The smallest absolute Gasteiger partial charge is 0.222 e. The van der Waals surface area contributed by atoms with Gasteiger partial charge in [-0.3, -0.25) is 9.78 Å². The number of carbonyl (C=O) groups is 1. The Balaban J connectivity index is 1.51. The largest absolute Gasteiger partial charge is 0.494 e. The molecule has 8 heteroatoms. The molecule has 31 heavy (non-hydrogen) atoms. The molecule has 1 aliphatic heterocycles. The second-order valence-electron chi connectivity index (χ2n) is 9.19. The first-order valence-corrected chi connectivity index (χ1v) is 10.7. The lowest BCUT2D eigenvalue weighted by atomic mass is 9.92. The van der Waals surface area contributed by atoms with Gasteiger partial charge in [0, 0.05) is 43.5 Å². The zero-order valence-electron chi connectivity index (χ0n) is 18.6. The Morgan fingerprint density at radius 3 is 2.84 bits per heavy atom. The molecular formula is C23H30N6O2. The molecule has 164 valence electrons. The lowest BCUT2D eigenvalue weighted by Crippen LogP contribution is -2.39. The number of likely N-dealkylation sites (tertiary alicyclic amines) is 1. The van der Waals surface area contributed by atoms with Gasteiger partial charge < -0.3 is 15.0 Å². The molecule has 0 spiro atoms. The molecule has 4 rings (SSSR count). The van der Waals surface area contributed by atoms with Crippen molar-refractivity contribution in [1.82, 2.24) is 24.5 Å². The van der Waals surface area contributed by atoms with Crippen molar-refractivity contribution >= 4 is 17.4 Å². The van der Waals surface area contributed by atoms with Gasteiger partial charge in [-0.15, -0.1) is 0 Å². The number of pyridine rings is 1. The highest BCUT2D eigenvalue weighted by Crippen LogP contribution is 2.31. The van der Waals surface area contributed by atoms with Crippen LogP contribution in [-0.2, 0) is 4.79 Å². The molecule has 4 heterocycles. The minimum atomic E-state index is 0.192. The summed E-state index contributed by atoms with van der Waals surface area (Å²) in [5.74, 6) is 1.69. The molecule has 1 saturated heterocycles. The number of carbonyl (C=O) groups excluding carboxylic acids is 1. The van der Waals surface area contributed by atoms with Gasteiger partial charge in [-0.2, -0.15) is 5.10 Å². The van der Waals surface area contributed by atoms with Crippen LogP contribution in [0.2, 0.25) is 0 Å². The van der Waals surface area contributed by atoms with E-state index in [0.29, 0.717) is 18.7 Å². The van der Waals surface area contributed by atoms with Crippen LogP contribution in [0, 0.1) is 5.41 Å². The summed E-state index contributed by atoms with van der Waals surface area (Å²) in [6.07, 6.45) is 9.58. The molecule has 1 amide bonds. The molecule has 3 aromatic heterocycles. The van der Waals surface area contributed by atoms with Crippen LogP contribution in [0.25, 0.3) is 16.8 Å². The summed E-state index contributed by atoms with van der Waals surface area (Å²) >= 11 is 0. The van der Waals surface area contributed by atoms with Gasteiger partial charge in [-0.1, -0.05) is 20.8 Å². The SMILES string of the molecule is COc1cnccc1-c1cnn2ccc(NC[C@@H]3CCC(=O)N3CCC(C)(C)C)nc12. The number of ether oxygens (including phenoxy) is 1. The second-order valence-corrected chi connectivity index (χ2v) is 9.19. The molecule has 8 nitrogen and oxygen atoms in total. The number of hydrogen-bond acceptors (Lipinski definition) is 6. The minimum Gasteiger partial charge on any atom is -0.494 e. The van der Waals surface area contributed by atoms with E-state index in [2.05, 4.69) is 36.2 Å². The van der Waals surface area contributed by atoms with E-state index >= 15 is 0 Å². The Morgan fingerprint density at radius 2 is 2.06 bits per heavy atom. The number of amides is 1. The first kappa shape index (κ1) is 21.1. The topological polar surface area (TPSA) is 84.7 Å². The van der Waals surface area contributed by atoms with E-state index in [9.17, 15) is 4.79 Å². The summed E-state index contributed by atoms with van der Waals surface area (Å²) in [4.78, 5) is 23.3. The fraction of sp³-hybridized carbons (Fsp3) is 0.478. The highest BCUT2D eigenvalue weighted by molar-refractivity contribution is 5.81. The summed E-state index contributed by atoms with van der Waals surface area (Å²) in [6, 6.07) is 4.00. The molecule has 0 radical (unpaired) electrons. The molecule has 1 fully saturated rings. The van der Waals surface area contributed by atoms with Gasteiger partial charge in [0.25, 0.3) is 0 Å². The summed E-state index contributed by atoms with van der Waals surface area (Å²) in [5.41, 5.74) is 2.72. The molecular weight excluding hydrogens is 392 g/mol. The minimum absolute atomic E-state index is 0.192. The number of nitrogens with zero attached hydrogens (tertiary/aromatic N) is 5. The van der Waals surface area contributed by atoms with Crippen LogP contribution in [-0.4, -0.2) is 56.6 Å². The van der Waals surface area contributed by atoms with E-state index in [1.54, 1.807) is 30.2 Å². The molecule has 0 bridgehead atoms. The van der Waals surface area contributed by atoms with Crippen molar-refractivity contribution in [2.75, 3.05) is 25.5 Å². The van der Waals surface area contributed by atoms with Crippen molar-refractivity contribution in [3.63, 3.8) is 0 Å². The predicted molar refractivity (Wildman–Crippen MR) is 120 cm³/mol. The van der Waals surface area contributed by atoms with Crippen molar-refractivity contribution in [3.8, 4) is 16.9 Å². The van der Waals surface area contributed by atoms with Crippen LogP contribution in [0.4, 0.5) is 5.82 Å². The quantitative estimate of drug-likeness (QED) is 0.626. The van der Waals surface area contributed by atoms with E-state index in [1.807, 2.05) is 23.2 Å². The number of fused-ring (bicyclic) bond motifs is 1. The molecule has 0 aromatic carbocycles. The van der Waals surface area contributed by atoms with E-state index in [4.69, 9.17) is 9.72 Å². The Kier molecular flexibility index (Phi) is 5.80. The first-order valence-electron chi connectivity index (χ1n) is 10.7. The van der Waals surface area contributed by atoms with Gasteiger partial charge in [0.15, 0.2) is 5.65 Å². The Labute approximate surface area is 182 Å². The molecule has 1 N–H and O–H groups in total. The maximum atomic E-state index is 12.4. The molecule has 0 aliphatic carbocycles. The molecule has 1 atom stereocenters. The lowest BCUT2D eigenvalue weighted by Gasteiger charge is -2.28. The van der Waals surface area contributed by atoms with Crippen LogP contribution >= 0.6 is 0 Å². The molecule has 1 aliphatic rings. The van der Waals surface area contributed by atoms with E-state index in [-0.39, 0.29) is 17.4 Å². The van der Waals surface area contributed by atoms with Gasteiger partial charge in [0.05, 0.1) is 25.1 Å². The average molecular weight is 423 g/mol. The fourth-order valence-electron chi connectivity index (χ4n) is 3.91. The monoisotopic (exact) mass is 422 g/mol. The molecule has 3 aromatic rings. The highest BCUT2D eigenvalue weighted by atomic mass is 16.5. The number of anilines is 1. The van der Waals surface area contributed by atoms with Crippen molar-refractivity contribution < 1.29 is 9.53 Å². The summed E-state index contributed by atoms with van der Waals surface area (Å²) in [6.45, 7) is 8.11. The Bertz CT molecular complexity index is 1070. The Hall–Kier alpha value is -3.16. The molecule has 0 saturated carbocycles. The fourth-order valence-corrected chi connectivity index (χ4v) is 3.91. The van der Waals surface area contributed by atoms with Gasteiger partial charge in [0.2, 0.25) is 5.91 Å². The maximum Gasteiger partial charge on any atom is 0.222 e. The standard InChI is InChI=1S/C23H30N6O2/c1-23(2,3)9-12-28-16(5-6-21(28)30)13-25-20-8-11-29-22(27-20)18(14-26-29)17-7-10-24-15-19(17)31-4/h7-8,10-11,14-16H,5-6,9,12-13H2,1-4H3,(H,25,27)/t16-/m0/s1.